The van der Waals surface area contributed by atoms with Crippen molar-refractivity contribution in [3.8, 4) is 0 Å². The average molecular weight is 353 g/mol. The molecule has 0 bridgehead atoms. The molecule has 2 aromatic rings. The summed E-state index contributed by atoms with van der Waals surface area (Å²) in [5.41, 5.74) is 2.01. The summed E-state index contributed by atoms with van der Waals surface area (Å²) in [4.78, 5) is 18.4. The molecule has 3 rings (SSSR count). The van der Waals surface area contributed by atoms with Gasteiger partial charge in [-0.3, -0.25) is 4.79 Å². The Morgan fingerprint density at radius 3 is 2.56 bits per heavy atom. The van der Waals surface area contributed by atoms with Crippen LogP contribution in [0.15, 0.2) is 24.3 Å². The molecule has 1 fully saturated rings. The van der Waals surface area contributed by atoms with Gasteiger partial charge in [0.15, 0.2) is 0 Å². The number of benzene rings is 1. The maximum absolute atomic E-state index is 12.5. The molecule has 1 aromatic carbocycles. The first kappa shape index (κ1) is 17.8. The minimum Gasteiger partial charge on any atom is -0.342 e. The number of fused-ring (bicyclic) bond motifs is 1. The third-order valence-corrected chi connectivity index (χ3v) is 4.87. The van der Waals surface area contributed by atoms with Crippen LogP contribution in [-0.2, 0) is 4.79 Å². The number of alkyl halides is 3. The van der Waals surface area contributed by atoms with E-state index in [1.807, 2.05) is 31.2 Å². The summed E-state index contributed by atoms with van der Waals surface area (Å²) in [6, 6.07) is 8.13. The standard InChI is InChI=1S/C18H22F3N3O/c1-12(11-18(19,20)21)17(25)23-9-7-14(8-10-23)24-13(2)22-15-5-3-4-6-16(15)24/h3-6,12,14H,7-11H2,1-2H3. The topological polar surface area (TPSA) is 38.1 Å². The zero-order valence-electron chi connectivity index (χ0n) is 14.4. The third kappa shape index (κ3) is 3.80. The number of carbonyl (C=O) groups excluding carboxylic acids is 1. The number of hydrogen-bond acceptors (Lipinski definition) is 2. The van der Waals surface area contributed by atoms with Crippen molar-refractivity contribution < 1.29 is 18.0 Å². The van der Waals surface area contributed by atoms with Crippen LogP contribution in [0.5, 0.6) is 0 Å². The molecule has 1 saturated heterocycles. The molecule has 7 heteroatoms. The molecular weight excluding hydrogens is 331 g/mol. The smallest absolute Gasteiger partial charge is 0.342 e. The van der Waals surface area contributed by atoms with E-state index in [0.717, 1.165) is 29.7 Å². The summed E-state index contributed by atoms with van der Waals surface area (Å²) in [6.07, 6.45) is -3.91. The molecule has 1 aliphatic heterocycles. The maximum Gasteiger partial charge on any atom is 0.389 e. The van der Waals surface area contributed by atoms with E-state index in [9.17, 15) is 18.0 Å². The van der Waals surface area contributed by atoms with Crippen molar-refractivity contribution in [2.75, 3.05) is 13.1 Å². The van der Waals surface area contributed by atoms with Crippen LogP contribution in [0.1, 0.15) is 38.1 Å². The second-order valence-corrected chi connectivity index (χ2v) is 6.79. The number of piperidine rings is 1. The monoisotopic (exact) mass is 353 g/mol. The zero-order chi connectivity index (χ0) is 18.2. The first-order chi connectivity index (χ1) is 11.8. The number of hydrogen-bond donors (Lipinski definition) is 0. The lowest BCUT2D eigenvalue weighted by Crippen LogP contribution is -2.42. The van der Waals surface area contributed by atoms with Crippen LogP contribution in [0.3, 0.4) is 0 Å². The van der Waals surface area contributed by atoms with Gasteiger partial charge in [-0.1, -0.05) is 19.1 Å². The third-order valence-electron chi connectivity index (χ3n) is 4.87. The molecule has 1 amide bonds. The predicted octanol–water partition coefficient (Wildman–Crippen LogP) is 4.10. The Hall–Kier alpha value is -2.05. The fraction of sp³-hybridized carbons (Fsp3) is 0.556. The van der Waals surface area contributed by atoms with Gasteiger partial charge in [-0.2, -0.15) is 13.2 Å². The molecule has 1 unspecified atom stereocenters. The van der Waals surface area contributed by atoms with Gasteiger partial charge >= 0.3 is 6.18 Å². The Balaban J connectivity index is 1.67. The second kappa shape index (κ2) is 6.69. The molecule has 0 radical (unpaired) electrons. The van der Waals surface area contributed by atoms with E-state index in [0.29, 0.717) is 13.1 Å². The normalized spacial score (nSPS) is 17.9. The van der Waals surface area contributed by atoms with Gasteiger partial charge in [0.25, 0.3) is 0 Å². The van der Waals surface area contributed by atoms with E-state index in [-0.39, 0.29) is 6.04 Å². The summed E-state index contributed by atoms with van der Waals surface area (Å²) < 4.78 is 39.7. The first-order valence-electron chi connectivity index (χ1n) is 8.55. The molecule has 1 atom stereocenters. The summed E-state index contributed by atoms with van der Waals surface area (Å²) in [5.74, 6) is -0.494. The van der Waals surface area contributed by atoms with Gasteiger partial charge in [0.2, 0.25) is 5.91 Å². The molecule has 25 heavy (non-hydrogen) atoms. The van der Waals surface area contributed by atoms with Crippen LogP contribution in [0, 0.1) is 12.8 Å². The van der Waals surface area contributed by atoms with Gasteiger partial charge in [-0.25, -0.2) is 4.98 Å². The number of rotatable bonds is 3. The highest BCUT2D eigenvalue weighted by Gasteiger charge is 2.35. The quantitative estimate of drug-likeness (QED) is 0.833. The van der Waals surface area contributed by atoms with Crippen LogP contribution < -0.4 is 0 Å². The summed E-state index contributed by atoms with van der Waals surface area (Å²) in [7, 11) is 0. The zero-order valence-corrected chi connectivity index (χ0v) is 14.4. The van der Waals surface area contributed by atoms with Gasteiger partial charge < -0.3 is 9.47 Å². The predicted molar refractivity (Wildman–Crippen MR) is 89.2 cm³/mol. The number of amides is 1. The minimum atomic E-state index is -4.31. The molecular formula is C18H22F3N3O. The summed E-state index contributed by atoms with van der Waals surface area (Å²) >= 11 is 0. The molecule has 0 spiro atoms. The van der Waals surface area contributed by atoms with Crippen LogP contribution in [-0.4, -0.2) is 39.6 Å². The van der Waals surface area contributed by atoms with Gasteiger partial charge in [-0.15, -0.1) is 0 Å². The minimum absolute atomic E-state index is 0.217. The average Bonchev–Trinajstić information content (AvgIpc) is 2.88. The number of imidazole rings is 1. The summed E-state index contributed by atoms with van der Waals surface area (Å²) in [5, 5.41) is 0. The fourth-order valence-electron chi connectivity index (χ4n) is 3.72. The largest absolute Gasteiger partial charge is 0.389 e. The lowest BCUT2D eigenvalue weighted by molar-refractivity contribution is -0.158. The fourth-order valence-corrected chi connectivity index (χ4v) is 3.72. The lowest BCUT2D eigenvalue weighted by atomic mass is 10.0. The van der Waals surface area contributed by atoms with Crippen LogP contribution in [0.4, 0.5) is 13.2 Å². The molecule has 1 aliphatic rings. The Morgan fingerprint density at radius 2 is 1.92 bits per heavy atom. The van der Waals surface area contributed by atoms with E-state index in [2.05, 4.69) is 9.55 Å². The Labute approximate surface area is 144 Å². The summed E-state index contributed by atoms with van der Waals surface area (Å²) in [6.45, 7) is 4.29. The van der Waals surface area contributed by atoms with E-state index in [1.165, 1.54) is 6.92 Å². The van der Waals surface area contributed by atoms with Crippen molar-refractivity contribution in [3.05, 3.63) is 30.1 Å². The molecule has 1 aromatic heterocycles. The van der Waals surface area contributed by atoms with Gasteiger partial charge in [0.05, 0.1) is 17.5 Å². The number of nitrogens with zero attached hydrogens (tertiary/aromatic N) is 3. The molecule has 0 saturated carbocycles. The Bertz CT molecular complexity index is 761. The molecule has 4 nitrogen and oxygen atoms in total. The molecule has 136 valence electrons. The van der Waals surface area contributed by atoms with Crippen molar-refractivity contribution in [1.82, 2.24) is 14.5 Å². The van der Waals surface area contributed by atoms with Crippen molar-refractivity contribution in [2.45, 2.75) is 45.3 Å². The highest BCUT2D eigenvalue weighted by molar-refractivity contribution is 5.79. The Kier molecular flexibility index (Phi) is 4.75. The van der Waals surface area contributed by atoms with Gasteiger partial charge in [0, 0.05) is 25.0 Å². The number of halogens is 3. The van der Waals surface area contributed by atoms with Crippen molar-refractivity contribution >= 4 is 16.9 Å². The highest BCUT2D eigenvalue weighted by atomic mass is 19.4. The van der Waals surface area contributed by atoms with Crippen LogP contribution >= 0.6 is 0 Å². The van der Waals surface area contributed by atoms with Gasteiger partial charge in [0.1, 0.15) is 5.82 Å². The van der Waals surface area contributed by atoms with E-state index < -0.39 is 24.4 Å². The number of aromatic nitrogens is 2. The van der Waals surface area contributed by atoms with E-state index in [4.69, 9.17) is 0 Å². The Morgan fingerprint density at radius 1 is 1.28 bits per heavy atom. The highest BCUT2D eigenvalue weighted by Crippen LogP contribution is 2.30. The van der Waals surface area contributed by atoms with Crippen molar-refractivity contribution in [2.24, 2.45) is 5.92 Å². The number of carbonyl (C=O) groups is 1. The number of aryl methyl sites for hydroxylation is 1. The molecule has 0 aliphatic carbocycles. The second-order valence-electron chi connectivity index (χ2n) is 6.79. The number of para-hydroxylation sites is 2. The van der Waals surface area contributed by atoms with Crippen LogP contribution in [0.2, 0.25) is 0 Å². The molecule has 2 heterocycles. The first-order valence-corrected chi connectivity index (χ1v) is 8.55. The SMILES string of the molecule is Cc1nc2ccccc2n1C1CCN(C(=O)C(C)CC(F)(F)F)CC1. The lowest BCUT2D eigenvalue weighted by Gasteiger charge is -2.35. The van der Waals surface area contributed by atoms with E-state index >= 15 is 0 Å². The number of likely N-dealkylation sites (tertiary alicyclic amines) is 1. The van der Waals surface area contributed by atoms with Crippen molar-refractivity contribution in [1.29, 1.82) is 0 Å². The molecule has 0 N–H and O–H groups in total. The van der Waals surface area contributed by atoms with Crippen LogP contribution in [0.25, 0.3) is 11.0 Å². The maximum atomic E-state index is 12.5. The van der Waals surface area contributed by atoms with Gasteiger partial charge in [-0.05, 0) is 31.9 Å². The van der Waals surface area contributed by atoms with E-state index in [1.54, 1.807) is 4.90 Å². The van der Waals surface area contributed by atoms with Crippen molar-refractivity contribution in [3.63, 3.8) is 0 Å².